The van der Waals surface area contributed by atoms with E-state index in [-0.39, 0.29) is 29.4 Å². The Morgan fingerprint density at radius 1 is 1.35 bits per heavy atom. The van der Waals surface area contributed by atoms with Crippen molar-refractivity contribution in [2.75, 3.05) is 6.61 Å². The molecule has 2 rings (SSSR count). The van der Waals surface area contributed by atoms with Crippen LogP contribution in [0, 0.1) is 18.3 Å². The molecule has 0 aliphatic carbocycles. The number of benzene rings is 1. The third-order valence-corrected chi connectivity index (χ3v) is 3.89. The van der Waals surface area contributed by atoms with Gasteiger partial charge in [-0.15, -0.1) is 0 Å². The van der Waals surface area contributed by atoms with Crippen molar-refractivity contribution in [3.63, 3.8) is 0 Å². The Morgan fingerprint density at radius 2 is 2.04 bits per heavy atom. The smallest absolute Gasteiger partial charge is 0.338 e. The lowest BCUT2D eigenvalue weighted by atomic mass is 9.82. The molecule has 0 aromatic heterocycles. The van der Waals surface area contributed by atoms with E-state index in [0.29, 0.717) is 16.9 Å². The van der Waals surface area contributed by atoms with Gasteiger partial charge in [-0.3, -0.25) is 4.79 Å². The average molecular weight is 356 g/mol. The monoisotopic (exact) mass is 356 g/mol. The van der Waals surface area contributed by atoms with Gasteiger partial charge in [0.25, 0.3) is 0 Å². The zero-order valence-corrected chi connectivity index (χ0v) is 15.1. The zero-order valence-electron chi connectivity index (χ0n) is 15.1. The minimum Gasteiger partial charge on any atom is -0.463 e. The van der Waals surface area contributed by atoms with Crippen molar-refractivity contribution < 1.29 is 23.8 Å². The summed E-state index contributed by atoms with van der Waals surface area (Å²) in [7, 11) is 0. The molecule has 0 spiro atoms. The van der Waals surface area contributed by atoms with Gasteiger partial charge in [-0.25, -0.2) is 4.79 Å². The molecule has 1 aliphatic heterocycles. The largest absolute Gasteiger partial charge is 0.463 e. The van der Waals surface area contributed by atoms with Crippen LogP contribution in [-0.4, -0.2) is 18.5 Å². The normalized spacial score (nSPS) is 16.7. The van der Waals surface area contributed by atoms with Crippen molar-refractivity contribution in [2.45, 2.75) is 33.6 Å². The molecule has 0 radical (unpaired) electrons. The first-order valence-corrected chi connectivity index (χ1v) is 8.04. The van der Waals surface area contributed by atoms with Crippen LogP contribution in [0.5, 0.6) is 5.75 Å². The Hall–Kier alpha value is -3.27. The fourth-order valence-corrected chi connectivity index (χ4v) is 2.81. The number of nitrogens with zero attached hydrogens (tertiary/aromatic N) is 1. The quantitative estimate of drug-likeness (QED) is 0.652. The van der Waals surface area contributed by atoms with E-state index in [9.17, 15) is 14.9 Å². The summed E-state index contributed by atoms with van der Waals surface area (Å²) in [5.74, 6) is -1.09. The molecule has 26 heavy (non-hydrogen) atoms. The van der Waals surface area contributed by atoms with Gasteiger partial charge in [0.1, 0.15) is 23.2 Å². The van der Waals surface area contributed by atoms with E-state index in [1.807, 2.05) is 6.07 Å². The number of hydrogen-bond acceptors (Lipinski definition) is 7. The third-order valence-electron chi connectivity index (χ3n) is 3.89. The number of allylic oxidation sites excluding steroid dienone is 2. The summed E-state index contributed by atoms with van der Waals surface area (Å²) < 4.78 is 15.6. The molecule has 0 fully saturated rings. The second kappa shape index (κ2) is 7.74. The highest BCUT2D eigenvalue weighted by Crippen LogP contribution is 2.40. The van der Waals surface area contributed by atoms with Crippen molar-refractivity contribution in [3.8, 4) is 11.8 Å². The summed E-state index contributed by atoms with van der Waals surface area (Å²) in [5.41, 5.74) is 7.52. The average Bonchev–Trinajstić information content (AvgIpc) is 2.55. The number of carbonyl (C=O) groups excluding carboxylic acids is 2. The minimum absolute atomic E-state index is 0.0511. The Bertz CT molecular complexity index is 861. The minimum atomic E-state index is -0.724. The van der Waals surface area contributed by atoms with Crippen molar-refractivity contribution >= 4 is 11.9 Å². The van der Waals surface area contributed by atoms with E-state index in [0.717, 1.165) is 0 Å². The maximum atomic E-state index is 12.5. The Labute approximate surface area is 151 Å². The second-order valence-corrected chi connectivity index (χ2v) is 5.73. The topological polar surface area (TPSA) is 112 Å². The summed E-state index contributed by atoms with van der Waals surface area (Å²) >= 11 is 0. The molecule has 1 unspecified atom stereocenters. The third kappa shape index (κ3) is 3.70. The number of rotatable bonds is 4. The molecule has 1 aromatic rings. The van der Waals surface area contributed by atoms with E-state index < -0.39 is 17.9 Å². The van der Waals surface area contributed by atoms with Crippen LogP contribution in [-0.2, 0) is 19.1 Å². The number of aryl methyl sites for hydroxylation is 1. The highest BCUT2D eigenvalue weighted by Gasteiger charge is 2.36. The molecule has 0 saturated heterocycles. The number of ether oxygens (including phenoxy) is 3. The summed E-state index contributed by atoms with van der Waals surface area (Å²) in [6.45, 7) is 6.56. The van der Waals surface area contributed by atoms with E-state index in [1.54, 1.807) is 39.0 Å². The van der Waals surface area contributed by atoms with E-state index in [4.69, 9.17) is 19.9 Å². The molecular formula is C19H20N2O5. The Kier molecular flexibility index (Phi) is 5.68. The van der Waals surface area contributed by atoms with Crippen molar-refractivity contribution in [3.05, 3.63) is 52.1 Å². The first-order chi connectivity index (χ1) is 12.3. The van der Waals surface area contributed by atoms with Crippen LogP contribution in [0.2, 0.25) is 0 Å². The lowest BCUT2D eigenvalue weighted by molar-refractivity contribution is -0.139. The van der Waals surface area contributed by atoms with Crippen molar-refractivity contribution in [1.29, 1.82) is 5.26 Å². The van der Waals surface area contributed by atoms with Crippen molar-refractivity contribution in [2.24, 2.45) is 5.73 Å². The summed E-state index contributed by atoms with van der Waals surface area (Å²) in [6, 6.07) is 7.05. The number of nitrogens with two attached hydrogens (primary N) is 1. The zero-order chi connectivity index (χ0) is 19.4. The molecule has 0 amide bonds. The number of carbonyl (C=O) groups is 2. The molecule has 2 N–H and O–H groups in total. The van der Waals surface area contributed by atoms with E-state index in [2.05, 4.69) is 0 Å². The maximum absolute atomic E-state index is 12.5. The number of nitriles is 1. The molecular weight excluding hydrogens is 336 g/mol. The summed E-state index contributed by atoms with van der Waals surface area (Å²) in [5, 5.41) is 9.54. The van der Waals surface area contributed by atoms with Gasteiger partial charge >= 0.3 is 11.9 Å². The molecule has 1 atom stereocenters. The second-order valence-electron chi connectivity index (χ2n) is 5.73. The lowest BCUT2D eigenvalue weighted by Crippen LogP contribution is -2.25. The fourth-order valence-electron chi connectivity index (χ4n) is 2.81. The van der Waals surface area contributed by atoms with Gasteiger partial charge in [-0.2, -0.15) is 5.26 Å². The number of esters is 2. The predicted molar refractivity (Wildman–Crippen MR) is 92.5 cm³/mol. The van der Waals surface area contributed by atoms with Crippen molar-refractivity contribution in [1.82, 2.24) is 0 Å². The molecule has 0 bridgehead atoms. The van der Waals surface area contributed by atoms with Crippen LogP contribution in [0.15, 0.2) is 41.0 Å². The van der Waals surface area contributed by atoms with Crippen LogP contribution < -0.4 is 10.5 Å². The Morgan fingerprint density at radius 3 is 2.58 bits per heavy atom. The van der Waals surface area contributed by atoms with Crippen LogP contribution in [0.1, 0.15) is 37.8 Å². The van der Waals surface area contributed by atoms with Gasteiger partial charge < -0.3 is 19.9 Å². The standard InChI is InChI=1S/C19H20N2O5/c1-5-24-19(23)16-11(3)25-18(21)14(9-20)17(16)13-6-7-15(10(2)8-13)26-12(4)22/h6-8,17H,5,21H2,1-4H3. The van der Waals surface area contributed by atoms with Gasteiger partial charge in [0.2, 0.25) is 5.88 Å². The molecule has 1 heterocycles. The lowest BCUT2D eigenvalue weighted by Gasteiger charge is -2.27. The first-order valence-electron chi connectivity index (χ1n) is 8.04. The highest BCUT2D eigenvalue weighted by molar-refractivity contribution is 5.92. The molecule has 7 heteroatoms. The highest BCUT2D eigenvalue weighted by atomic mass is 16.5. The molecule has 1 aromatic carbocycles. The summed E-state index contributed by atoms with van der Waals surface area (Å²) in [4.78, 5) is 23.6. The fraction of sp³-hybridized carbons (Fsp3) is 0.316. The SMILES string of the molecule is CCOC(=O)C1=C(C)OC(N)=C(C#N)C1c1ccc(OC(C)=O)c(C)c1. The van der Waals surface area contributed by atoms with Crippen LogP contribution in [0.4, 0.5) is 0 Å². The van der Waals surface area contributed by atoms with Gasteiger partial charge in [0, 0.05) is 6.92 Å². The Balaban J connectivity index is 2.58. The van der Waals surface area contributed by atoms with Gasteiger partial charge in [-0.05, 0) is 38.0 Å². The van der Waals surface area contributed by atoms with E-state index >= 15 is 0 Å². The van der Waals surface area contributed by atoms with Crippen LogP contribution >= 0.6 is 0 Å². The molecule has 0 saturated carbocycles. The molecule has 136 valence electrons. The van der Waals surface area contributed by atoms with E-state index in [1.165, 1.54) is 6.92 Å². The predicted octanol–water partition coefficient (Wildman–Crippen LogP) is 2.57. The number of hydrogen-bond donors (Lipinski definition) is 1. The van der Waals surface area contributed by atoms with Gasteiger partial charge in [0.15, 0.2) is 0 Å². The van der Waals surface area contributed by atoms with Crippen LogP contribution in [0.25, 0.3) is 0 Å². The van der Waals surface area contributed by atoms with Gasteiger partial charge in [-0.1, -0.05) is 12.1 Å². The van der Waals surface area contributed by atoms with Crippen LogP contribution in [0.3, 0.4) is 0 Å². The first kappa shape index (κ1) is 19.1. The molecule has 1 aliphatic rings. The van der Waals surface area contributed by atoms with Gasteiger partial charge in [0.05, 0.1) is 18.1 Å². The maximum Gasteiger partial charge on any atom is 0.338 e. The summed E-state index contributed by atoms with van der Waals surface area (Å²) in [6.07, 6.45) is 0. The molecule has 7 nitrogen and oxygen atoms in total.